The molecule has 0 saturated heterocycles. The molecular weight excluding hydrogens is 549 g/mol. The molecule has 194 valence electrons. The molecule has 1 amide bonds. The normalized spacial score (nSPS) is 23.1. The first kappa shape index (κ1) is 26.3. The Morgan fingerprint density at radius 2 is 1.72 bits per heavy atom. The maximum absolute atomic E-state index is 14.2. The van der Waals surface area contributed by atoms with Gasteiger partial charge in [0, 0.05) is 29.0 Å². The van der Waals surface area contributed by atoms with E-state index >= 15 is 0 Å². The molecule has 1 heterocycles. The number of carbonyl (C=O) groups is 1. The van der Waals surface area contributed by atoms with Gasteiger partial charge in [-0.15, -0.1) is 0 Å². The van der Waals surface area contributed by atoms with Gasteiger partial charge < -0.3 is 4.84 Å². The van der Waals surface area contributed by atoms with Crippen molar-refractivity contribution in [3.05, 3.63) is 63.1 Å². The molecule has 5 nitrogen and oxygen atoms in total. The Labute approximate surface area is 207 Å². The van der Waals surface area contributed by atoms with Crippen LogP contribution >= 0.6 is 23.2 Å². The highest BCUT2D eigenvalue weighted by Crippen LogP contribution is 2.51. The SMILES string of the molecule is O=C(NNc1cc(C2=NO[C@@](c3cc(Cl)cc(C(F)(F)F)c3)(C(F)(F)F)C2)ccc1Cl)[C@@H]1CC1(F)F. The Balaban J connectivity index is 1.61. The zero-order valence-corrected chi connectivity index (χ0v) is 19.0. The summed E-state index contributed by atoms with van der Waals surface area (Å²) in [4.78, 5) is 16.5. The molecule has 0 radical (unpaired) electrons. The van der Waals surface area contributed by atoms with Crippen LogP contribution in [0.3, 0.4) is 0 Å². The third-order valence-electron chi connectivity index (χ3n) is 5.64. The molecule has 4 rings (SSSR count). The molecule has 2 N–H and O–H groups in total. The molecule has 1 fully saturated rings. The lowest BCUT2D eigenvalue weighted by molar-refractivity contribution is -0.276. The summed E-state index contributed by atoms with van der Waals surface area (Å²) in [5.41, 5.74) is -1.56. The number of hydrogen-bond acceptors (Lipinski definition) is 4. The molecule has 2 aromatic carbocycles. The second-order valence-electron chi connectivity index (χ2n) is 8.18. The maximum atomic E-state index is 14.2. The highest BCUT2D eigenvalue weighted by molar-refractivity contribution is 6.33. The van der Waals surface area contributed by atoms with Crippen LogP contribution in [0.4, 0.5) is 40.8 Å². The molecule has 0 bridgehead atoms. The first-order valence-corrected chi connectivity index (χ1v) is 10.7. The van der Waals surface area contributed by atoms with Crippen LogP contribution in [0.1, 0.15) is 29.5 Å². The summed E-state index contributed by atoms with van der Waals surface area (Å²) in [5.74, 6) is -5.66. The fourth-order valence-corrected chi connectivity index (χ4v) is 3.96. The van der Waals surface area contributed by atoms with Crippen molar-refractivity contribution >= 4 is 40.5 Å². The average Bonchev–Trinajstić information content (AvgIpc) is 3.17. The number of anilines is 1. The fraction of sp³-hybridized carbons (Fsp3) is 0.333. The largest absolute Gasteiger partial charge is 0.435 e. The molecule has 1 aliphatic heterocycles. The van der Waals surface area contributed by atoms with E-state index in [1.807, 2.05) is 5.43 Å². The van der Waals surface area contributed by atoms with E-state index in [4.69, 9.17) is 28.0 Å². The van der Waals surface area contributed by atoms with Crippen LogP contribution in [0.25, 0.3) is 0 Å². The van der Waals surface area contributed by atoms with Crippen molar-refractivity contribution < 1.29 is 44.8 Å². The van der Waals surface area contributed by atoms with E-state index in [0.717, 1.165) is 0 Å². The summed E-state index contributed by atoms with van der Waals surface area (Å²) in [6, 6.07) is 5.14. The minimum atomic E-state index is -5.21. The number of halogens is 10. The predicted molar refractivity (Wildman–Crippen MR) is 113 cm³/mol. The highest BCUT2D eigenvalue weighted by Gasteiger charge is 2.63. The van der Waals surface area contributed by atoms with Gasteiger partial charge in [-0.3, -0.25) is 15.6 Å². The molecule has 0 aromatic heterocycles. The lowest BCUT2D eigenvalue weighted by Gasteiger charge is -2.30. The topological polar surface area (TPSA) is 62.7 Å². The first-order valence-electron chi connectivity index (χ1n) is 9.97. The van der Waals surface area contributed by atoms with E-state index < -0.39 is 64.7 Å². The highest BCUT2D eigenvalue weighted by atomic mass is 35.5. The third-order valence-corrected chi connectivity index (χ3v) is 6.19. The van der Waals surface area contributed by atoms with E-state index in [2.05, 4.69) is 10.6 Å². The molecule has 1 aliphatic carbocycles. The monoisotopic (exact) mass is 561 g/mol. The number of nitrogens with one attached hydrogen (secondary N) is 2. The van der Waals surface area contributed by atoms with E-state index in [1.165, 1.54) is 18.2 Å². The summed E-state index contributed by atoms with van der Waals surface area (Å²) in [6.07, 6.45) is -11.8. The van der Waals surface area contributed by atoms with Crippen LogP contribution in [0.5, 0.6) is 0 Å². The number of benzene rings is 2. The van der Waals surface area contributed by atoms with Crippen LogP contribution in [0, 0.1) is 5.92 Å². The second kappa shape index (κ2) is 8.65. The number of hydrogen-bond donors (Lipinski definition) is 2. The molecule has 2 atom stereocenters. The summed E-state index contributed by atoms with van der Waals surface area (Å²) in [7, 11) is 0. The Hall–Kier alpha value is -2.80. The number of amides is 1. The second-order valence-corrected chi connectivity index (χ2v) is 9.03. The summed E-state index contributed by atoms with van der Waals surface area (Å²) < 4.78 is 108. The van der Waals surface area contributed by atoms with Crippen LogP contribution in [0.2, 0.25) is 10.0 Å². The van der Waals surface area contributed by atoms with Gasteiger partial charge in [0.1, 0.15) is 5.92 Å². The molecule has 36 heavy (non-hydrogen) atoms. The first-order chi connectivity index (χ1) is 16.5. The van der Waals surface area contributed by atoms with Gasteiger partial charge in [-0.25, -0.2) is 8.78 Å². The number of nitrogens with zero attached hydrogens (tertiary/aromatic N) is 1. The fourth-order valence-electron chi connectivity index (χ4n) is 3.56. The van der Waals surface area contributed by atoms with Crippen molar-refractivity contribution in [2.24, 2.45) is 11.1 Å². The maximum Gasteiger partial charge on any atom is 0.435 e. The predicted octanol–water partition coefficient (Wildman–Crippen LogP) is 6.69. The molecule has 2 aliphatic rings. The summed E-state index contributed by atoms with van der Waals surface area (Å²) in [5, 5.41) is 2.85. The molecular formula is C21H13Cl2F8N3O2. The van der Waals surface area contributed by atoms with Crippen LogP contribution in [-0.4, -0.2) is 23.7 Å². The van der Waals surface area contributed by atoms with Crippen molar-refractivity contribution in [3.63, 3.8) is 0 Å². The van der Waals surface area contributed by atoms with Crippen LogP contribution in [-0.2, 0) is 21.4 Å². The van der Waals surface area contributed by atoms with Crippen molar-refractivity contribution in [1.82, 2.24) is 5.43 Å². The zero-order chi connectivity index (χ0) is 26.7. The number of oxime groups is 1. The van der Waals surface area contributed by atoms with Gasteiger partial charge in [-0.05, 0) is 30.3 Å². The van der Waals surface area contributed by atoms with E-state index in [-0.39, 0.29) is 28.1 Å². The number of alkyl halides is 8. The standard InChI is InChI=1S/C21H13Cl2F8N3O2/c22-12-5-10(4-11(6-12)20(26,27)28)18(21(29,30)31)8-16(34-36-18)9-1-2-14(23)15(3-9)32-33-17(35)13-7-19(13,24)25/h1-6,13,32H,7-8H2,(H,33,35)/t13-,18-/m0/s1. The molecule has 0 unspecified atom stereocenters. The van der Waals surface area contributed by atoms with Gasteiger partial charge in [-0.1, -0.05) is 34.4 Å². The lowest BCUT2D eigenvalue weighted by atomic mass is 9.85. The van der Waals surface area contributed by atoms with Crippen molar-refractivity contribution in [3.8, 4) is 0 Å². The Morgan fingerprint density at radius 1 is 1.06 bits per heavy atom. The molecule has 0 spiro atoms. The van der Waals surface area contributed by atoms with Gasteiger partial charge in [0.2, 0.25) is 5.91 Å². The van der Waals surface area contributed by atoms with Crippen molar-refractivity contribution in [1.29, 1.82) is 0 Å². The molecule has 1 saturated carbocycles. The molecule has 2 aromatic rings. The lowest BCUT2D eigenvalue weighted by Crippen LogP contribution is -2.43. The van der Waals surface area contributed by atoms with Crippen LogP contribution in [0.15, 0.2) is 41.6 Å². The van der Waals surface area contributed by atoms with Gasteiger partial charge in [-0.2, -0.15) is 26.3 Å². The quantitative estimate of drug-likeness (QED) is 0.316. The van der Waals surface area contributed by atoms with E-state index in [1.54, 1.807) is 0 Å². The summed E-state index contributed by atoms with van der Waals surface area (Å²) >= 11 is 11.7. The minimum Gasteiger partial charge on any atom is -0.374 e. The van der Waals surface area contributed by atoms with Gasteiger partial charge in [0.05, 0.1) is 22.0 Å². The number of carbonyl (C=O) groups excluding carboxylic acids is 1. The minimum absolute atomic E-state index is 0.0112. The zero-order valence-electron chi connectivity index (χ0n) is 17.5. The van der Waals surface area contributed by atoms with Crippen molar-refractivity contribution in [2.45, 2.75) is 36.7 Å². The Morgan fingerprint density at radius 3 is 2.31 bits per heavy atom. The summed E-state index contributed by atoms with van der Waals surface area (Å²) in [6.45, 7) is 0. The Kier molecular flexibility index (Phi) is 6.31. The van der Waals surface area contributed by atoms with Crippen LogP contribution < -0.4 is 10.9 Å². The van der Waals surface area contributed by atoms with Gasteiger partial charge >= 0.3 is 12.4 Å². The van der Waals surface area contributed by atoms with E-state index in [9.17, 15) is 39.9 Å². The smallest absolute Gasteiger partial charge is 0.374 e. The average molecular weight is 562 g/mol. The molecule has 15 heteroatoms. The van der Waals surface area contributed by atoms with E-state index in [0.29, 0.717) is 12.1 Å². The third kappa shape index (κ3) is 4.90. The number of rotatable bonds is 5. The van der Waals surface area contributed by atoms with Crippen molar-refractivity contribution in [2.75, 3.05) is 5.43 Å². The van der Waals surface area contributed by atoms with Gasteiger partial charge in [0.15, 0.2) is 0 Å². The number of hydrazine groups is 1. The van der Waals surface area contributed by atoms with Gasteiger partial charge in [0.25, 0.3) is 11.5 Å². The Bertz CT molecular complexity index is 1250.